The molecule has 0 atom stereocenters. The van der Waals surface area contributed by atoms with Crippen molar-refractivity contribution in [1.29, 1.82) is 0 Å². The fraction of sp³-hybridized carbons (Fsp3) is 0.333. The van der Waals surface area contributed by atoms with Crippen LogP contribution in [0.25, 0.3) is 21.9 Å². The number of benzene rings is 2. The van der Waals surface area contributed by atoms with Crippen molar-refractivity contribution in [3.63, 3.8) is 0 Å². The van der Waals surface area contributed by atoms with Gasteiger partial charge in [-0.15, -0.1) is 0 Å². The van der Waals surface area contributed by atoms with Gasteiger partial charge in [0.15, 0.2) is 22.7 Å². The molecule has 1 heterocycles. The Labute approximate surface area is 131 Å². The molecule has 1 saturated carbocycles. The van der Waals surface area contributed by atoms with Crippen LogP contribution in [0.2, 0.25) is 0 Å². The fourth-order valence-electron chi connectivity index (χ4n) is 2.94. The largest absolute Gasteiger partial charge is 0.494 e. The van der Waals surface area contributed by atoms with Crippen LogP contribution in [-0.2, 0) is 0 Å². The SMILES string of the molecule is COc1ccc2c(oc3c(F)c(OCC4CCC4)ccc32)c1F. The molecule has 0 aliphatic heterocycles. The van der Waals surface area contributed by atoms with Gasteiger partial charge in [0.05, 0.1) is 13.7 Å². The van der Waals surface area contributed by atoms with E-state index in [1.807, 2.05) is 0 Å². The van der Waals surface area contributed by atoms with Crippen molar-refractivity contribution in [2.45, 2.75) is 19.3 Å². The predicted molar refractivity (Wildman–Crippen MR) is 83.0 cm³/mol. The van der Waals surface area contributed by atoms with Gasteiger partial charge in [-0.3, -0.25) is 0 Å². The molecule has 23 heavy (non-hydrogen) atoms. The van der Waals surface area contributed by atoms with E-state index in [2.05, 4.69) is 0 Å². The predicted octanol–water partition coefficient (Wildman–Crippen LogP) is 5.05. The Morgan fingerprint density at radius 1 is 1.00 bits per heavy atom. The van der Waals surface area contributed by atoms with E-state index in [4.69, 9.17) is 13.9 Å². The summed E-state index contributed by atoms with van der Waals surface area (Å²) in [7, 11) is 1.37. The summed E-state index contributed by atoms with van der Waals surface area (Å²) in [6, 6.07) is 6.45. The normalized spacial score (nSPS) is 15.1. The van der Waals surface area contributed by atoms with E-state index in [0.29, 0.717) is 23.3 Å². The Morgan fingerprint density at radius 2 is 1.61 bits per heavy atom. The van der Waals surface area contributed by atoms with Gasteiger partial charge in [-0.05, 0) is 43.0 Å². The summed E-state index contributed by atoms with van der Waals surface area (Å²) in [6.07, 6.45) is 3.46. The van der Waals surface area contributed by atoms with Crippen molar-refractivity contribution in [2.75, 3.05) is 13.7 Å². The minimum absolute atomic E-state index is 0.00519. The number of rotatable bonds is 4. The molecule has 3 nitrogen and oxygen atoms in total. The molecule has 4 rings (SSSR count). The lowest BCUT2D eigenvalue weighted by atomic mass is 9.86. The first kappa shape index (κ1) is 14.3. The maximum atomic E-state index is 14.6. The zero-order valence-electron chi connectivity index (χ0n) is 12.7. The van der Waals surface area contributed by atoms with E-state index in [-0.39, 0.29) is 22.7 Å². The first-order valence-corrected chi connectivity index (χ1v) is 7.69. The van der Waals surface area contributed by atoms with Gasteiger partial charge in [0.25, 0.3) is 0 Å². The first-order valence-electron chi connectivity index (χ1n) is 7.69. The highest BCUT2D eigenvalue weighted by molar-refractivity contribution is 6.06. The van der Waals surface area contributed by atoms with Crippen LogP contribution in [0.4, 0.5) is 8.78 Å². The Morgan fingerprint density at radius 3 is 2.17 bits per heavy atom. The number of ether oxygens (including phenoxy) is 2. The van der Waals surface area contributed by atoms with Gasteiger partial charge in [0.1, 0.15) is 0 Å². The van der Waals surface area contributed by atoms with E-state index >= 15 is 0 Å². The van der Waals surface area contributed by atoms with Crippen molar-refractivity contribution < 1.29 is 22.7 Å². The van der Waals surface area contributed by atoms with Crippen LogP contribution < -0.4 is 9.47 Å². The zero-order valence-corrected chi connectivity index (χ0v) is 12.7. The minimum atomic E-state index is -0.627. The van der Waals surface area contributed by atoms with Crippen molar-refractivity contribution in [3.05, 3.63) is 35.9 Å². The molecule has 0 bridgehead atoms. The minimum Gasteiger partial charge on any atom is -0.494 e. The monoisotopic (exact) mass is 318 g/mol. The number of methoxy groups -OCH3 is 1. The van der Waals surface area contributed by atoms with Crippen LogP contribution in [0, 0.1) is 17.6 Å². The van der Waals surface area contributed by atoms with Crippen LogP contribution in [0.5, 0.6) is 11.5 Å². The Bertz CT molecular complexity index is 881. The molecular weight excluding hydrogens is 302 g/mol. The quantitative estimate of drug-likeness (QED) is 0.674. The topological polar surface area (TPSA) is 31.6 Å². The first-order chi connectivity index (χ1) is 11.2. The van der Waals surface area contributed by atoms with Crippen LogP contribution in [0.15, 0.2) is 28.7 Å². The van der Waals surface area contributed by atoms with Gasteiger partial charge in [-0.2, -0.15) is 8.78 Å². The molecule has 2 aromatic carbocycles. The summed E-state index contributed by atoms with van der Waals surface area (Å²) < 4.78 is 44.8. The van der Waals surface area contributed by atoms with Gasteiger partial charge < -0.3 is 13.9 Å². The summed E-state index contributed by atoms with van der Waals surface area (Å²) in [5.74, 6) is -0.495. The smallest absolute Gasteiger partial charge is 0.208 e. The van der Waals surface area contributed by atoms with E-state index in [0.717, 1.165) is 12.8 Å². The third-order valence-electron chi connectivity index (χ3n) is 4.54. The molecule has 0 unspecified atom stereocenters. The highest BCUT2D eigenvalue weighted by Gasteiger charge is 2.22. The molecule has 0 saturated heterocycles. The van der Waals surface area contributed by atoms with E-state index < -0.39 is 11.6 Å². The van der Waals surface area contributed by atoms with E-state index in [9.17, 15) is 8.78 Å². The van der Waals surface area contributed by atoms with Crippen molar-refractivity contribution in [1.82, 2.24) is 0 Å². The standard InChI is InChI=1S/C18H16F2O3/c1-21-13-7-5-11-12-6-8-14(22-9-10-3-2-4-10)16(20)18(12)23-17(11)15(13)19/h5-8,10H,2-4,9H2,1H3. The van der Waals surface area contributed by atoms with E-state index in [1.165, 1.54) is 19.6 Å². The number of fused-ring (bicyclic) bond motifs is 3. The molecule has 120 valence electrons. The number of furan rings is 1. The second-order valence-electron chi connectivity index (χ2n) is 5.92. The third-order valence-corrected chi connectivity index (χ3v) is 4.54. The lowest BCUT2D eigenvalue weighted by Crippen LogP contribution is -2.19. The summed E-state index contributed by atoms with van der Waals surface area (Å²) >= 11 is 0. The molecule has 0 amide bonds. The second-order valence-corrected chi connectivity index (χ2v) is 5.92. The molecule has 5 heteroatoms. The average Bonchev–Trinajstić information content (AvgIpc) is 2.89. The van der Waals surface area contributed by atoms with Crippen LogP contribution in [-0.4, -0.2) is 13.7 Å². The molecule has 0 radical (unpaired) electrons. The molecule has 1 aromatic heterocycles. The summed E-state index contributed by atoms with van der Waals surface area (Å²) in [4.78, 5) is 0. The number of hydrogen-bond donors (Lipinski definition) is 0. The Balaban J connectivity index is 1.79. The molecule has 1 fully saturated rings. The summed E-state index contributed by atoms with van der Waals surface area (Å²) in [5, 5.41) is 1.04. The van der Waals surface area contributed by atoms with Gasteiger partial charge >= 0.3 is 0 Å². The van der Waals surface area contributed by atoms with Crippen molar-refractivity contribution in [3.8, 4) is 11.5 Å². The summed E-state index contributed by atoms with van der Waals surface area (Å²) in [6.45, 7) is 0.505. The van der Waals surface area contributed by atoms with E-state index in [1.54, 1.807) is 18.2 Å². The maximum Gasteiger partial charge on any atom is 0.208 e. The lowest BCUT2D eigenvalue weighted by molar-refractivity contribution is 0.175. The zero-order chi connectivity index (χ0) is 16.0. The van der Waals surface area contributed by atoms with Gasteiger partial charge in [-0.25, -0.2) is 0 Å². The Hall–Kier alpha value is -2.30. The molecule has 0 spiro atoms. The summed E-state index contributed by atoms with van der Waals surface area (Å²) in [5.41, 5.74) is 0.00709. The highest BCUT2D eigenvalue weighted by Crippen LogP contribution is 2.38. The number of halogens is 2. The highest BCUT2D eigenvalue weighted by atomic mass is 19.1. The van der Waals surface area contributed by atoms with Gasteiger partial charge in [0, 0.05) is 10.8 Å². The van der Waals surface area contributed by atoms with Crippen LogP contribution in [0.1, 0.15) is 19.3 Å². The molecule has 3 aromatic rings. The Kier molecular flexibility index (Phi) is 3.36. The molecule has 1 aliphatic carbocycles. The van der Waals surface area contributed by atoms with Gasteiger partial charge in [-0.1, -0.05) is 6.42 Å². The maximum absolute atomic E-state index is 14.6. The lowest BCUT2D eigenvalue weighted by Gasteiger charge is -2.25. The second kappa shape index (κ2) is 5.41. The molecule has 1 aliphatic rings. The molecule has 0 N–H and O–H groups in total. The van der Waals surface area contributed by atoms with Crippen LogP contribution in [0.3, 0.4) is 0 Å². The van der Waals surface area contributed by atoms with Crippen LogP contribution >= 0.6 is 0 Å². The number of hydrogen-bond acceptors (Lipinski definition) is 3. The van der Waals surface area contributed by atoms with Gasteiger partial charge in [0.2, 0.25) is 11.6 Å². The van der Waals surface area contributed by atoms with Crippen molar-refractivity contribution in [2.24, 2.45) is 5.92 Å². The fourth-order valence-corrected chi connectivity index (χ4v) is 2.94. The average molecular weight is 318 g/mol. The molecular formula is C18H16F2O3. The third kappa shape index (κ3) is 2.22. The van der Waals surface area contributed by atoms with Crippen molar-refractivity contribution >= 4 is 21.9 Å².